The standard InChI is InChI=1S/C26H27F3N2O/c1-3-18(2)25(32)30-14-12-20(13-15-30)23-17-31(24-7-5-4-6-22(23)24)16-19-8-10-21(11-9-19)26(27,28)29/h3-11,17,20H,12-16H2,1-2H3/b18-3+. The summed E-state index contributed by atoms with van der Waals surface area (Å²) in [7, 11) is 0. The fraction of sp³-hybridized carbons (Fsp3) is 0.346. The van der Waals surface area contributed by atoms with Crippen molar-refractivity contribution in [1.82, 2.24) is 9.47 Å². The van der Waals surface area contributed by atoms with Crippen molar-refractivity contribution in [2.75, 3.05) is 13.1 Å². The van der Waals surface area contributed by atoms with E-state index in [0.29, 0.717) is 12.5 Å². The molecule has 0 aliphatic carbocycles. The molecular formula is C26H27F3N2O. The van der Waals surface area contributed by atoms with Gasteiger partial charge in [-0.1, -0.05) is 36.4 Å². The Morgan fingerprint density at radius 1 is 1.06 bits per heavy atom. The fourth-order valence-electron chi connectivity index (χ4n) is 4.49. The number of hydrogen-bond donors (Lipinski definition) is 0. The summed E-state index contributed by atoms with van der Waals surface area (Å²) in [6.07, 6.45) is 1.46. The van der Waals surface area contributed by atoms with Crippen molar-refractivity contribution in [1.29, 1.82) is 0 Å². The molecule has 1 aliphatic rings. The van der Waals surface area contributed by atoms with Crippen LogP contribution in [0.15, 0.2) is 66.4 Å². The molecule has 2 aromatic carbocycles. The van der Waals surface area contributed by atoms with E-state index in [1.807, 2.05) is 37.0 Å². The van der Waals surface area contributed by atoms with Crippen molar-refractivity contribution in [3.8, 4) is 0 Å². The van der Waals surface area contributed by atoms with E-state index in [1.165, 1.54) is 10.9 Å². The third kappa shape index (κ3) is 4.45. The zero-order chi connectivity index (χ0) is 22.9. The SMILES string of the molecule is C/C=C(\C)C(=O)N1CCC(c2cn(Cc3ccc(C(F)(F)F)cc3)c3ccccc23)CC1. The van der Waals surface area contributed by atoms with Crippen LogP contribution in [-0.4, -0.2) is 28.5 Å². The highest BCUT2D eigenvalue weighted by atomic mass is 19.4. The molecule has 168 valence electrons. The first-order valence-electron chi connectivity index (χ1n) is 10.9. The molecule has 0 radical (unpaired) electrons. The van der Waals surface area contributed by atoms with Crippen molar-refractivity contribution < 1.29 is 18.0 Å². The van der Waals surface area contributed by atoms with Crippen LogP contribution in [0.5, 0.6) is 0 Å². The molecule has 32 heavy (non-hydrogen) atoms. The van der Waals surface area contributed by atoms with Gasteiger partial charge in [-0.05, 0) is 61.9 Å². The molecule has 1 aliphatic heterocycles. The maximum atomic E-state index is 12.9. The number of likely N-dealkylation sites (tertiary alicyclic amines) is 1. The Hall–Kier alpha value is -3.02. The normalized spacial score (nSPS) is 16.0. The van der Waals surface area contributed by atoms with Gasteiger partial charge >= 0.3 is 6.18 Å². The van der Waals surface area contributed by atoms with Gasteiger partial charge in [0.15, 0.2) is 0 Å². The molecule has 4 rings (SSSR count). The molecule has 1 aromatic heterocycles. The Labute approximate surface area is 186 Å². The van der Waals surface area contributed by atoms with Crippen LogP contribution in [0.1, 0.15) is 49.3 Å². The van der Waals surface area contributed by atoms with Gasteiger partial charge < -0.3 is 9.47 Å². The highest BCUT2D eigenvalue weighted by Gasteiger charge is 2.30. The molecule has 0 saturated carbocycles. The molecule has 0 spiro atoms. The van der Waals surface area contributed by atoms with Gasteiger partial charge in [0, 0.05) is 42.3 Å². The topological polar surface area (TPSA) is 25.2 Å². The second-order valence-electron chi connectivity index (χ2n) is 8.46. The number of nitrogens with zero attached hydrogens (tertiary/aromatic N) is 2. The van der Waals surface area contributed by atoms with Crippen molar-refractivity contribution in [3.05, 3.63) is 83.1 Å². The number of amides is 1. The molecular weight excluding hydrogens is 413 g/mol. The Kier molecular flexibility index (Phi) is 6.13. The second-order valence-corrected chi connectivity index (χ2v) is 8.46. The Balaban J connectivity index is 1.55. The first-order valence-corrected chi connectivity index (χ1v) is 10.9. The molecule has 1 fully saturated rings. The van der Waals surface area contributed by atoms with Crippen LogP contribution in [0.4, 0.5) is 13.2 Å². The van der Waals surface area contributed by atoms with Crippen LogP contribution in [-0.2, 0) is 17.5 Å². The minimum absolute atomic E-state index is 0.107. The maximum Gasteiger partial charge on any atom is 0.416 e. The van der Waals surface area contributed by atoms with E-state index in [0.717, 1.165) is 54.7 Å². The number of piperidine rings is 1. The van der Waals surface area contributed by atoms with E-state index >= 15 is 0 Å². The summed E-state index contributed by atoms with van der Waals surface area (Å²) in [4.78, 5) is 14.4. The lowest BCUT2D eigenvalue weighted by molar-refractivity contribution is -0.137. The van der Waals surface area contributed by atoms with Crippen LogP contribution in [0.3, 0.4) is 0 Å². The van der Waals surface area contributed by atoms with E-state index in [4.69, 9.17) is 0 Å². The number of para-hydroxylation sites is 1. The lowest BCUT2D eigenvalue weighted by Gasteiger charge is -2.32. The van der Waals surface area contributed by atoms with E-state index in [1.54, 1.807) is 12.1 Å². The van der Waals surface area contributed by atoms with Gasteiger partial charge in [-0.2, -0.15) is 13.2 Å². The van der Waals surface area contributed by atoms with E-state index < -0.39 is 11.7 Å². The van der Waals surface area contributed by atoms with Gasteiger partial charge in [-0.15, -0.1) is 0 Å². The van der Waals surface area contributed by atoms with Gasteiger partial charge in [0.2, 0.25) is 5.91 Å². The largest absolute Gasteiger partial charge is 0.416 e. The lowest BCUT2D eigenvalue weighted by Crippen LogP contribution is -2.38. The molecule has 0 N–H and O–H groups in total. The van der Waals surface area contributed by atoms with Gasteiger partial charge in [0.05, 0.1) is 5.56 Å². The number of rotatable bonds is 4. The Morgan fingerprint density at radius 2 is 1.72 bits per heavy atom. The maximum absolute atomic E-state index is 12.9. The number of benzene rings is 2. The highest BCUT2D eigenvalue weighted by Crippen LogP contribution is 2.35. The zero-order valence-electron chi connectivity index (χ0n) is 18.3. The molecule has 1 saturated heterocycles. The molecule has 2 heterocycles. The average Bonchev–Trinajstić information content (AvgIpc) is 3.16. The molecule has 3 aromatic rings. The first-order chi connectivity index (χ1) is 15.3. The number of aromatic nitrogens is 1. The summed E-state index contributed by atoms with van der Waals surface area (Å²) < 4.78 is 40.7. The smallest absolute Gasteiger partial charge is 0.343 e. The van der Waals surface area contributed by atoms with Crippen LogP contribution in [0.2, 0.25) is 0 Å². The number of allylic oxidation sites excluding steroid dienone is 1. The minimum Gasteiger partial charge on any atom is -0.343 e. The Bertz CT molecular complexity index is 1130. The van der Waals surface area contributed by atoms with Crippen LogP contribution >= 0.6 is 0 Å². The molecule has 1 amide bonds. The number of carbonyl (C=O) groups excluding carboxylic acids is 1. The van der Waals surface area contributed by atoms with Gasteiger partial charge in [-0.3, -0.25) is 4.79 Å². The fourth-order valence-corrected chi connectivity index (χ4v) is 4.49. The summed E-state index contributed by atoms with van der Waals surface area (Å²) >= 11 is 0. The summed E-state index contributed by atoms with van der Waals surface area (Å²) in [6, 6.07) is 13.5. The van der Waals surface area contributed by atoms with Gasteiger partial charge in [-0.25, -0.2) is 0 Å². The highest BCUT2D eigenvalue weighted by molar-refractivity contribution is 5.92. The number of alkyl halides is 3. The predicted octanol–water partition coefficient (Wildman–Crippen LogP) is 6.38. The number of carbonyl (C=O) groups is 1. The quantitative estimate of drug-likeness (QED) is 0.432. The van der Waals surface area contributed by atoms with E-state index in [9.17, 15) is 18.0 Å². The molecule has 6 heteroatoms. The number of hydrogen-bond acceptors (Lipinski definition) is 1. The van der Waals surface area contributed by atoms with Crippen LogP contribution < -0.4 is 0 Å². The van der Waals surface area contributed by atoms with Crippen molar-refractivity contribution >= 4 is 16.8 Å². The molecule has 0 atom stereocenters. The molecule has 0 unspecified atom stereocenters. The van der Waals surface area contributed by atoms with Crippen molar-refractivity contribution in [2.45, 2.75) is 45.3 Å². The molecule has 3 nitrogen and oxygen atoms in total. The summed E-state index contributed by atoms with van der Waals surface area (Å²) in [5, 5.41) is 1.17. The lowest BCUT2D eigenvalue weighted by atomic mass is 9.89. The average molecular weight is 441 g/mol. The predicted molar refractivity (Wildman–Crippen MR) is 120 cm³/mol. The summed E-state index contributed by atoms with van der Waals surface area (Å²) in [5.41, 5.74) is 3.30. The van der Waals surface area contributed by atoms with Crippen LogP contribution in [0, 0.1) is 0 Å². The van der Waals surface area contributed by atoms with Crippen LogP contribution in [0.25, 0.3) is 10.9 Å². The minimum atomic E-state index is -4.33. The van der Waals surface area contributed by atoms with Crippen molar-refractivity contribution in [3.63, 3.8) is 0 Å². The summed E-state index contributed by atoms with van der Waals surface area (Å²) in [6.45, 7) is 5.70. The zero-order valence-corrected chi connectivity index (χ0v) is 18.3. The van der Waals surface area contributed by atoms with E-state index in [-0.39, 0.29) is 5.91 Å². The van der Waals surface area contributed by atoms with E-state index in [2.05, 4.69) is 22.9 Å². The third-order valence-corrected chi connectivity index (χ3v) is 6.45. The first kappa shape index (κ1) is 22.2. The van der Waals surface area contributed by atoms with Gasteiger partial charge in [0.25, 0.3) is 0 Å². The number of halogens is 3. The van der Waals surface area contributed by atoms with Gasteiger partial charge in [0.1, 0.15) is 0 Å². The molecule has 0 bridgehead atoms. The monoisotopic (exact) mass is 440 g/mol. The Morgan fingerprint density at radius 3 is 2.34 bits per heavy atom. The third-order valence-electron chi connectivity index (χ3n) is 6.45. The summed E-state index contributed by atoms with van der Waals surface area (Å²) in [5.74, 6) is 0.458. The van der Waals surface area contributed by atoms with Crippen molar-refractivity contribution in [2.24, 2.45) is 0 Å². The number of fused-ring (bicyclic) bond motifs is 1. The second kappa shape index (κ2) is 8.85.